The fourth-order valence-electron chi connectivity index (χ4n) is 7.02. The first-order valence-corrected chi connectivity index (χ1v) is 15.0. The molecule has 3 aromatic rings. The van der Waals surface area contributed by atoms with Crippen LogP contribution in [0.3, 0.4) is 0 Å². The maximum atomic E-state index is 14.5. The molecule has 0 unspecified atom stereocenters. The quantitative estimate of drug-likeness (QED) is 0.427. The van der Waals surface area contributed by atoms with Gasteiger partial charge in [-0.15, -0.1) is 0 Å². The Bertz CT molecular complexity index is 1580. The highest BCUT2D eigenvalue weighted by Gasteiger charge is 2.55. The molecule has 3 atom stereocenters. The molecule has 3 aliphatic rings. The number of anilines is 1. The number of likely N-dealkylation sites (tertiary alicyclic amines) is 1. The van der Waals surface area contributed by atoms with Crippen molar-refractivity contribution in [1.29, 1.82) is 0 Å². The SMILES string of the molecule is CCc1ccc(N2C(=O)NC(=O)[C@@](Cc3ccc(C(C)C)cc3)(CN3C[C@@H]4C[C@@H](C3)c3cccc(=O)n3C4)C2=O)cc1. The number of rotatable bonds is 7. The van der Waals surface area contributed by atoms with Crippen LogP contribution in [0.5, 0.6) is 0 Å². The second kappa shape index (κ2) is 11.0. The Morgan fingerprint density at radius 3 is 2.29 bits per heavy atom. The van der Waals surface area contributed by atoms with Crippen molar-refractivity contribution in [3.05, 3.63) is 99.5 Å². The van der Waals surface area contributed by atoms with Crippen molar-refractivity contribution in [3.8, 4) is 0 Å². The number of carbonyl (C=O) groups excluding carboxylic acids is 3. The van der Waals surface area contributed by atoms with Gasteiger partial charge in [0.15, 0.2) is 0 Å². The van der Waals surface area contributed by atoms with E-state index in [0.29, 0.717) is 31.2 Å². The van der Waals surface area contributed by atoms with Crippen LogP contribution in [0.1, 0.15) is 61.4 Å². The zero-order valence-electron chi connectivity index (χ0n) is 24.5. The number of imide groups is 2. The van der Waals surface area contributed by atoms with Crippen LogP contribution in [0.2, 0.25) is 0 Å². The molecule has 1 N–H and O–H groups in total. The molecule has 2 bridgehead atoms. The number of aromatic nitrogens is 1. The fraction of sp³-hybridized carbons (Fsp3) is 0.412. The summed E-state index contributed by atoms with van der Waals surface area (Å²) in [5.41, 5.74) is 3.11. The van der Waals surface area contributed by atoms with Crippen LogP contribution >= 0.6 is 0 Å². The normalized spacial score (nSPS) is 24.1. The highest BCUT2D eigenvalue weighted by atomic mass is 16.2. The van der Waals surface area contributed by atoms with Crippen molar-refractivity contribution in [2.75, 3.05) is 24.5 Å². The Morgan fingerprint density at radius 1 is 0.881 bits per heavy atom. The number of pyridine rings is 1. The average Bonchev–Trinajstić information content (AvgIpc) is 2.97. The second-order valence-corrected chi connectivity index (χ2v) is 12.5. The van der Waals surface area contributed by atoms with E-state index in [1.165, 1.54) is 5.56 Å². The Morgan fingerprint density at radius 2 is 1.60 bits per heavy atom. The summed E-state index contributed by atoms with van der Waals surface area (Å²) in [6.07, 6.45) is 1.98. The van der Waals surface area contributed by atoms with Gasteiger partial charge in [0.1, 0.15) is 5.41 Å². The number of fused-ring (bicyclic) bond motifs is 4. The molecule has 4 heterocycles. The van der Waals surface area contributed by atoms with E-state index < -0.39 is 23.3 Å². The molecule has 1 aromatic heterocycles. The number of hydrogen-bond donors (Lipinski definition) is 1. The van der Waals surface area contributed by atoms with E-state index in [-0.39, 0.29) is 30.4 Å². The molecule has 2 fully saturated rings. The van der Waals surface area contributed by atoms with Crippen LogP contribution in [0, 0.1) is 11.3 Å². The van der Waals surface area contributed by atoms with Crippen LogP contribution in [-0.2, 0) is 29.0 Å². The fourth-order valence-corrected chi connectivity index (χ4v) is 7.02. The highest BCUT2D eigenvalue weighted by molar-refractivity contribution is 6.30. The van der Waals surface area contributed by atoms with Crippen molar-refractivity contribution in [3.63, 3.8) is 0 Å². The molecule has 4 amide bonds. The van der Waals surface area contributed by atoms with Gasteiger partial charge in [0.25, 0.3) is 11.5 Å². The first kappa shape index (κ1) is 28.1. The minimum absolute atomic E-state index is 0.0158. The smallest absolute Gasteiger partial charge is 0.312 e. The van der Waals surface area contributed by atoms with Crippen LogP contribution in [-0.4, -0.2) is 46.9 Å². The van der Waals surface area contributed by atoms with Gasteiger partial charge in [0.2, 0.25) is 5.91 Å². The van der Waals surface area contributed by atoms with Crippen molar-refractivity contribution >= 4 is 23.5 Å². The summed E-state index contributed by atoms with van der Waals surface area (Å²) in [4.78, 5) is 57.5. The molecule has 218 valence electrons. The minimum atomic E-state index is -1.50. The molecular weight excluding hydrogens is 528 g/mol. The summed E-state index contributed by atoms with van der Waals surface area (Å²) in [6.45, 7) is 8.41. The third kappa shape index (κ3) is 4.98. The lowest BCUT2D eigenvalue weighted by molar-refractivity contribution is -0.144. The number of nitrogens with zero attached hydrogens (tertiary/aromatic N) is 3. The first-order chi connectivity index (χ1) is 20.2. The topological polar surface area (TPSA) is 91.7 Å². The minimum Gasteiger partial charge on any atom is -0.312 e. The van der Waals surface area contributed by atoms with Crippen molar-refractivity contribution in [2.45, 2.75) is 58.4 Å². The number of piperidine rings is 1. The maximum absolute atomic E-state index is 14.5. The molecule has 2 aromatic carbocycles. The number of amides is 4. The monoisotopic (exact) mass is 566 g/mol. The molecule has 0 aliphatic carbocycles. The lowest BCUT2D eigenvalue weighted by Gasteiger charge is -2.47. The molecule has 0 saturated carbocycles. The molecule has 6 rings (SSSR count). The summed E-state index contributed by atoms with van der Waals surface area (Å²) < 4.78 is 1.88. The van der Waals surface area contributed by atoms with Gasteiger partial charge in [-0.3, -0.25) is 19.7 Å². The van der Waals surface area contributed by atoms with Crippen molar-refractivity contribution in [1.82, 2.24) is 14.8 Å². The number of nitrogens with one attached hydrogen (secondary N) is 1. The largest absolute Gasteiger partial charge is 0.335 e. The Kier molecular flexibility index (Phi) is 7.35. The van der Waals surface area contributed by atoms with E-state index in [9.17, 15) is 19.2 Å². The number of aryl methyl sites for hydroxylation is 1. The summed E-state index contributed by atoms with van der Waals surface area (Å²) in [7, 11) is 0. The van der Waals surface area contributed by atoms with Gasteiger partial charge in [-0.1, -0.05) is 63.2 Å². The van der Waals surface area contributed by atoms with Crippen LogP contribution < -0.4 is 15.8 Å². The Hall–Kier alpha value is -4.04. The number of hydrogen-bond acceptors (Lipinski definition) is 5. The Balaban J connectivity index is 1.37. The van der Waals surface area contributed by atoms with Gasteiger partial charge in [-0.25, -0.2) is 9.69 Å². The molecule has 0 spiro atoms. The Labute approximate surface area is 246 Å². The average molecular weight is 567 g/mol. The lowest BCUT2D eigenvalue weighted by atomic mass is 9.75. The second-order valence-electron chi connectivity index (χ2n) is 12.5. The van der Waals surface area contributed by atoms with E-state index in [0.717, 1.165) is 34.6 Å². The standard InChI is InChI=1S/C34H38N4O4/c1-4-23-10-14-28(15-11-23)38-32(41)34(31(40)35-33(38)42,17-24-8-12-26(13-9-24)22(2)3)21-36-18-25-16-27(20-36)29-6-5-7-30(39)37(29)19-25/h5-15,22,25,27H,4,16-21H2,1-3H3,(H,35,40,42)/t25-,27-,34+/m0/s1. The molecular formula is C34H38N4O4. The number of barbiturate groups is 1. The predicted octanol–water partition coefficient (Wildman–Crippen LogP) is 4.47. The van der Waals surface area contributed by atoms with Gasteiger partial charge in [0.05, 0.1) is 5.69 Å². The molecule has 8 heteroatoms. The maximum Gasteiger partial charge on any atom is 0.335 e. The van der Waals surface area contributed by atoms with Gasteiger partial charge >= 0.3 is 6.03 Å². The molecule has 42 heavy (non-hydrogen) atoms. The van der Waals surface area contributed by atoms with Crippen molar-refractivity contribution < 1.29 is 14.4 Å². The van der Waals surface area contributed by atoms with Gasteiger partial charge in [-0.2, -0.15) is 0 Å². The summed E-state index contributed by atoms with van der Waals surface area (Å²) in [5.74, 6) is -0.329. The highest BCUT2D eigenvalue weighted by Crippen LogP contribution is 2.39. The zero-order valence-corrected chi connectivity index (χ0v) is 24.5. The first-order valence-electron chi connectivity index (χ1n) is 15.0. The molecule has 0 radical (unpaired) electrons. The van der Waals surface area contributed by atoms with E-state index in [2.05, 4.69) is 24.1 Å². The van der Waals surface area contributed by atoms with Crippen LogP contribution in [0.15, 0.2) is 71.5 Å². The number of benzene rings is 2. The van der Waals surface area contributed by atoms with E-state index >= 15 is 0 Å². The van der Waals surface area contributed by atoms with E-state index in [1.54, 1.807) is 24.3 Å². The lowest BCUT2D eigenvalue weighted by Crippen LogP contribution is -2.68. The summed E-state index contributed by atoms with van der Waals surface area (Å²) in [6, 6.07) is 20.1. The van der Waals surface area contributed by atoms with Crippen LogP contribution in [0.25, 0.3) is 0 Å². The van der Waals surface area contributed by atoms with Crippen LogP contribution in [0.4, 0.5) is 10.5 Å². The molecule has 8 nitrogen and oxygen atoms in total. The van der Waals surface area contributed by atoms with Gasteiger partial charge < -0.3 is 9.47 Å². The number of carbonyl (C=O) groups is 3. The molecule has 3 aliphatic heterocycles. The predicted molar refractivity (Wildman–Crippen MR) is 162 cm³/mol. The summed E-state index contributed by atoms with van der Waals surface area (Å²) in [5, 5.41) is 2.55. The van der Waals surface area contributed by atoms with Gasteiger partial charge in [0, 0.05) is 43.9 Å². The third-order valence-electron chi connectivity index (χ3n) is 9.27. The van der Waals surface area contributed by atoms with E-state index in [1.807, 2.05) is 54.0 Å². The van der Waals surface area contributed by atoms with Gasteiger partial charge in [-0.05, 0) is 66.0 Å². The third-order valence-corrected chi connectivity index (χ3v) is 9.27. The van der Waals surface area contributed by atoms with Crippen molar-refractivity contribution in [2.24, 2.45) is 11.3 Å². The summed E-state index contributed by atoms with van der Waals surface area (Å²) >= 11 is 0. The number of urea groups is 1. The van der Waals surface area contributed by atoms with E-state index in [4.69, 9.17) is 0 Å². The zero-order chi connectivity index (χ0) is 29.6. The molecule has 2 saturated heterocycles.